The number of carbonyl (C=O) groups excluding carboxylic acids is 12. The molecule has 5 aliphatic carbocycles. The number of esters is 3. The van der Waals surface area contributed by atoms with Gasteiger partial charge in [0.05, 0.1) is 50.8 Å². The van der Waals surface area contributed by atoms with Gasteiger partial charge in [-0.25, -0.2) is 62.9 Å². The third kappa shape index (κ3) is 58.5. The van der Waals surface area contributed by atoms with Gasteiger partial charge in [-0.2, -0.15) is 5.26 Å². The lowest BCUT2D eigenvalue weighted by Crippen LogP contribution is -2.51. The molecule has 0 aromatic carbocycles. The van der Waals surface area contributed by atoms with E-state index in [2.05, 4.69) is 168 Å². The van der Waals surface area contributed by atoms with Gasteiger partial charge in [-0.05, 0) is 187 Å². The van der Waals surface area contributed by atoms with E-state index in [-0.39, 0.29) is 195 Å². The number of nitrogens with one attached hydrogen (secondary N) is 6. The van der Waals surface area contributed by atoms with E-state index in [9.17, 15) is 57.5 Å². The molecule has 33 nitrogen and oxygen atoms in total. The van der Waals surface area contributed by atoms with E-state index < -0.39 is 78.9 Å². The summed E-state index contributed by atoms with van der Waals surface area (Å²) in [5.74, 6) is -2.11. The van der Waals surface area contributed by atoms with Crippen molar-refractivity contribution in [3.05, 3.63) is 38.0 Å². The van der Waals surface area contributed by atoms with Crippen molar-refractivity contribution in [3.8, 4) is 6.26 Å². The van der Waals surface area contributed by atoms with E-state index in [1.54, 1.807) is 52.2 Å². The fraction of sp³-hybridized carbons (Fsp3) is 0.800. The Labute approximate surface area is 770 Å². The van der Waals surface area contributed by atoms with Crippen LogP contribution < -0.4 is 31.9 Å². The number of hydrogen-bond donors (Lipinski definition) is 9. The first kappa shape index (κ1) is 134. The molecule has 6 amide bonds. The number of isocyanates is 3. The van der Waals surface area contributed by atoms with Gasteiger partial charge in [-0.15, -0.1) is 0 Å². The summed E-state index contributed by atoms with van der Waals surface area (Å²) in [7, 11) is 0. The quantitative estimate of drug-likeness (QED) is 0.00736. The van der Waals surface area contributed by atoms with Gasteiger partial charge in [0.2, 0.25) is 30.1 Å². The molecule has 0 aromatic heterocycles. The van der Waals surface area contributed by atoms with Crippen LogP contribution in [0.25, 0.3) is 0 Å². The van der Waals surface area contributed by atoms with Crippen molar-refractivity contribution in [2.45, 2.75) is 381 Å². The molecular weight excluding hydrogens is 1650 g/mol. The monoisotopic (exact) mass is 1830 g/mol. The van der Waals surface area contributed by atoms with Crippen LogP contribution in [0.1, 0.15) is 314 Å². The Kier molecular flexibility index (Phi) is 65.4. The predicted octanol–water partition coefficient (Wildman–Crippen LogP) is 16.9. The van der Waals surface area contributed by atoms with E-state index in [0.29, 0.717) is 58.5 Å². The molecule has 16 atom stereocenters. The van der Waals surface area contributed by atoms with Crippen molar-refractivity contribution in [2.24, 2.45) is 69.1 Å². The minimum Gasteiger partial charge on any atom is -0.460 e. The van der Waals surface area contributed by atoms with Crippen LogP contribution in [0.2, 0.25) is 0 Å². The maximum absolute atomic E-state index is 13.2. The van der Waals surface area contributed by atoms with Crippen molar-refractivity contribution < 1.29 is 111 Å². The molecule has 5 aliphatic rings. The molecule has 5 saturated carbocycles. The molecule has 0 bridgehead atoms. The first-order valence-corrected chi connectivity index (χ1v) is 41.3. The van der Waals surface area contributed by atoms with Gasteiger partial charge in [-0.3, -0.25) is 9.59 Å². The number of ether oxygens (including phenoxy) is 8. The molecular formula is C95H176N10O23. The second-order valence-corrected chi connectivity index (χ2v) is 39.4. The smallest absolute Gasteiger partial charge is 0.407 e. The lowest BCUT2D eigenvalue weighted by atomic mass is 9.62. The van der Waals surface area contributed by atoms with Crippen LogP contribution in [-0.4, -0.2) is 214 Å². The van der Waals surface area contributed by atoms with Crippen molar-refractivity contribution in [2.75, 3.05) is 59.2 Å². The largest absolute Gasteiger partial charge is 0.460 e. The topological polar surface area (TPSA) is 472 Å². The summed E-state index contributed by atoms with van der Waals surface area (Å²) in [5.41, 5.74) is -1.32. The van der Waals surface area contributed by atoms with Gasteiger partial charge in [0.15, 0.2) is 0 Å². The standard InChI is InChI=1S/C39H64N4O11.C27H44N4O5.C12H18N2O2.C6H10O3.C3H8O2.8CH4/c1-12-31(45)50-19-26(4)53-33(47)40-23-38(10)17-28(15-36(6,7)21-38)42-30(44)14-25(3)52-35(49)43-29-16-37(8,9)22-39(11,18-29)24-41-34(48)54-27(5)20-51-32(46)13-2;1-19(8-22(33)30-20-9-25(4,5)14-27(7,12-20)16-35-17-28)36-23(34)31-21-10-24(2,3)13-26(6,11-21)15-29-18-32;1-11(2)4-10(14-9-16)5-12(3,6-11)7-13-8-15;1-3-6(8)9-4-5(2)7;1-3(5)2-4;;;;;;;;/h12-13,25-29H,1-2,14-24H2,3-11H3,(H,40,47)(H,41,48)(H,42,44)(H,43,49);19-21H,8-16H2,1-7H3,(H,30,33)(H,31,34);10H,4-7H2,1-3H3;3,5,7H,1,4H2,2H3;3-5H,2H2,1H3;8*1H4. The van der Waals surface area contributed by atoms with Crippen molar-refractivity contribution in [3.63, 3.8) is 0 Å². The summed E-state index contributed by atoms with van der Waals surface area (Å²) in [6.45, 7) is 52.8. The summed E-state index contributed by atoms with van der Waals surface area (Å²) in [6, 6.07) is -0.521. The number of amides is 6. The number of rotatable bonds is 33. The fourth-order valence-electron chi connectivity index (χ4n) is 18.8. The van der Waals surface area contributed by atoms with Gasteiger partial charge in [-0.1, -0.05) is 183 Å². The average Bonchev–Trinajstić information content (AvgIpc) is 0.836. The number of carbonyl (C=O) groups is 9. The highest BCUT2D eigenvalue weighted by Gasteiger charge is 2.47. The van der Waals surface area contributed by atoms with Crippen LogP contribution in [0.15, 0.2) is 52.9 Å². The Bertz CT molecular complexity index is 3460. The van der Waals surface area contributed by atoms with E-state index in [1.807, 2.05) is 6.92 Å². The molecule has 0 aliphatic heterocycles. The number of hydrogen-bond acceptors (Lipinski definition) is 27. The van der Waals surface area contributed by atoms with E-state index in [0.717, 1.165) is 88.9 Å². The Morgan fingerprint density at radius 2 is 0.695 bits per heavy atom. The number of nitriles is 1. The van der Waals surface area contributed by atoms with E-state index in [1.165, 1.54) is 13.8 Å². The minimum absolute atomic E-state index is 0. The van der Waals surface area contributed by atoms with Crippen LogP contribution in [0.5, 0.6) is 0 Å². The second-order valence-electron chi connectivity index (χ2n) is 39.4. The first-order valence-electron chi connectivity index (χ1n) is 41.3. The first-order chi connectivity index (χ1) is 55.4. The molecule has 0 aromatic rings. The zero-order valence-electron chi connectivity index (χ0n) is 75.4. The summed E-state index contributed by atoms with van der Waals surface area (Å²) in [5, 5.41) is 51.2. The Morgan fingerprint density at radius 1 is 0.406 bits per heavy atom. The predicted molar refractivity (Wildman–Crippen MR) is 503 cm³/mol. The third-order valence-corrected chi connectivity index (χ3v) is 21.0. The highest BCUT2D eigenvalue weighted by Crippen LogP contribution is 2.51. The average molecular weight is 1830 g/mol. The van der Waals surface area contributed by atoms with Crippen LogP contribution in [0.4, 0.5) is 19.2 Å². The van der Waals surface area contributed by atoms with E-state index in [4.69, 9.17) is 53.7 Å². The fourth-order valence-corrected chi connectivity index (χ4v) is 18.8. The van der Waals surface area contributed by atoms with Crippen LogP contribution in [0, 0.1) is 65.7 Å². The molecule has 9 N–H and O–H groups in total. The highest BCUT2D eigenvalue weighted by atomic mass is 16.6. The SMILES string of the molecule is C.C.C.C.C.C.C.C.C=CC(=O)OCC(C)O.C=CC(=O)OCC(C)OC(=O)NCC1(C)CC(NC(=O)CC(C)OC(=O)NC2CC(C)(C)CC(C)(CNC(=O)OC(C)COC(=O)C=C)C2)CC(C)(C)C1.CC(CC(=O)NC1CC(C)(C)CC(C)(COC#N)C1)OC(=O)NC1CC(C)(C)CC(C)(CN=C=O)C1.CC(O)CO.CC1(C)CC(N=C=O)CC(C)(CN=C=O)C1. The number of aliphatic hydroxyl groups is 3. The van der Waals surface area contributed by atoms with E-state index >= 15 is 0 Å². The summed E-state index contributed by atoms with van der Waals surface area (Å²) < 4.78 is 41.1. The molecule has 33 heteroatoms. The van der Waals surface area contributed by atoms with Gasteiger partial charge >= 0.3 is 42.3 Å². The zero-order valence-corrected chi connectivity index (χ0v) is 75.4. The second kappa shape index (κ2) is 62.3. The van der Waals surface area contributed by atoms with Crippen molar-refractivity contribution in [1.29, 1.82) is 5.26 Å². The van der Waals surface area contributed by atoms with Gasteiger partial charge in [0.1, 0.15) is 50.8 Å². The molecule has 0 radical (unpaired) electrons. The number of nitrogens with zero attached hydrogens (tertiary/aromatic N) is 4. The van der Waals surface area contributed by atoms with Crippen LogP contribution in [0.3, 0.4) is 0 Å². The summed E-state index contributed by atoms with van der Waals surface area (Å²) >= 11 is 0. The maximum atomic E-state index is 13.2. The molecule has 744 valence electrons. The summed E-state index contributed by atoms with van der Waals surface area (Å²) in [6.07, 6.45) is 15.4. The van der Waals surface area contributed by atoms with Crippen LogP contribution >= 0.6 is 0 Å². The lowest BCUT2D eigenvalue weighted by molar-refractivity contribution is -0.141. The molecule has 128 heavy (non-hydrogen) atoms. The van der Waals surface area contributed by atoms with Crippen LogP contribution in [-0.2, 0) is 76.3 Å². The zero-order chi connectivity index (χ0) is 91.9. The molecule has 0 saturated heterocycles. The Morgan fingerprint density at radius 3 is 1.01 bits per heavy atom. The third-order valence-electron chi connectivity index (χ3n) is 21.0. The molecule has 5 fully saturated rings. The molecule has 5 rings (SSSR count). The van der Waals surface area contributed by atoms with Gasteiger partial charge in [0.25, 0.3) is 6.26 Å². The van der Waals surface area contributed by atoms with Crippen molar-refractivity contribution in [1.82, 2.24) is 31.9 Å². The van der Waals surface area contributed by atoms with Gasteiger partial charge in [0, 0.05) is 60.9 Å². The molecule has 16 unspecified atom stereocenters. The number of aliphatic imine (C=N–C) groups is 3. The highest BCUT2D eigenvalue weighted by molar-refractivity contribution is 5.82. The molecule has 0 spiro atoms. The normalized spacial score (nSPS) is 25.3. The Hall–Kier alpha value is -9.04. The Balaban J connectivity index is -0.000000278. The van der Waals surface area contributed by atoms with Gasteiger partial charge < -0.3 is 85.1 Å². The lowest BCUT2D eigenvalue weighted by Gasteiger charge is -2.47. The van der Waals surface area contributed by atoms with Crippen molar-refractivity contribution >= 4 is 72.3 Å². The summed E-state index contributed by atoms with van der Waals surface area (Å²) in [4.78, 5) is 152. The maximum Gasteiger partial charge on any atom is 0.407 e. The molecule has 0 heterocycles. The number of alkyl carbamates (subject to hydrolysis) is 4. The minimum atomic E-state index is -0.690. The number of aliphatic hydroxyl groups excluding tert-OH is 3.